The van der Waals surface area contributed by atoms with Crippen LogP contribution in [0.25, 0.3) is 0 Å². The van der Waals surface area contributed by atoms with Gasteiger partial charge in [-0.2, -0.15) is 0 Å². The first-order valence-corrected chi connectivity index (χ1v) is 7.97. The fraction of sp³-hybridized carbons (Fsp3) is 0.611. The lowest BCUT2D eigenvalue weighted by Crippen LogP contribution is -2.52. The Morgan fingerprint density at radius 1 is 1.27 bits per heavy atom. The SMILES string of the molecule is CC(C)(CO)C(=O)N1CCCC(CO)(Cc2ccccc2)C1. The standard InChI is InChI=1S/C18H27NO3/c1-17(2,13-20)16(22)19-10-6-9-18(12-19,14-21)11-15-7-4-3-5-8-15/h3-5,7-8,20-21H,6,9-14H2,1-2H3. The molecule has 1 aromatic carbocycles. The second kappa shape index (κ2) is 6.80. The largest absolute Gasteiger partial charge is 0.396 e. The molecule has 1 unspecified atom stereocenters. The highest BCUT2D eigenvalue weighted by atomic mass is 16.3. The number of hydrogen-bond acceptors (Lipinski definition) is 3. The van der Waals surface area contributed by atoms with Crippen molar-refractivity contribution in [1.29, 1.82) is 0 Å². The highest BCUT2D eigenvalue weighted by molar-refractivity contribution is 5.82. The zero-order valence-electron chi connectivity index (χ0n) is 13.6. The van der Waals surface area contributed by atoms with Crippen LogP contribution in [0.15, 0.2) is 30.3 Å². The van der Waals surface area contributed by atoms with Crippen molar-refractivity contribution in [3.8, 4) is 0 Å². The van der Waals surface area contributed by atoms with Gasteiger partial charge in [-0.05, 0) is 38.7 Å². The van der Waals surface area contributed by atoms with E-state index in [0.29, 0.717) is 13.1 Å². The van der Waals surface area contributed by atoms with Crippen molar-refractivity contribution in [2.45, 2.75) is 33.1 Å². The van der Waals surface area contributed by atoms with Gasteiger partial charge in [-0.3, -0.25) is 4.79 Å². The van der Waals surface area contributed by atoms with E-state index in [1.165, 1.54) is 5.56 Å². The van der Waals surface area contributed by atoms with Crippen LogP contribution in [-0.4, -0.2) is 47.3 Å². The van der Waals surface area contributed by atoms with Gasteiger partial charge in [0.2, 0.25) is 5.91 Å². The third kappa shape index (κ3) is 3.68. The van der Waals surface area contributed by atoms with Crippen LogP contribution in [0.1, 0.15) is 32.3 Å². The Morgan fingerprint density at radius 3 is 2.55 bits per heavy atom. The number of aliphatic hydroxyl groups excluding tert-OH is 2. The van der Waals surface area contributed by atoms with Gasteiger partial charge in [0.05, 0.1) is 18.6 Å². The second-order valence-corrected chi connectivity index (χ2v) is 7.19. The molecule has 1 aliphatic heterocycles. The summed E-state index contributed by atoms with van der Waals surface area (Å²) < 4.78 is 0. The maximum atomic E-state index is 12.6. The molecule has 1 saturated heterocycles. The van der Waals surface area contributed by atoms with Crippen LogP contribution in [0.4, 0.5) is 0 Å². The average Bonchev–Trinajstić information content (AvgIpc) is 2.55. The van der Waals surface area contributed by atoms with Gasteiger partial charge < -0.3 is 15.1 Å². The highest BCUT2D eigenvalue weighted by Crippen LogP contribution is 2.35. The molecule has 1 fully saturated rings. The molecule has 22 heavy (non-hydrogen) atoms. The quantitative estimate of drug-likeness (QED) is 0.873. The van der Waals surface area contributed by atoms with Crippen molar-refractivity contribution >= 4 is 5.91 Å². The van der Waals surface area contributed by atoms with Gasteiger partial charge in [-0.1, -0.05) is 30.3 Å². The summed E-state index contributed by atoms with van der Waals surface area (Å²) in [4.78, 5) is 14.4. The van der Waals surface area contributed by atoms with E-state index in [2.05, 4.69) is 12.1 Å². The predicted octanol–water partition coefficient (Wildman–Crippen LogP) is 1.85. The van der Waals surface area contributed by atoms with E-state index >= 15 is 0 Å². The van der Waals surface area contributed by atoms with Crippen molar-refractivity contribution in [1.82, 2.24) is 4.90 Å². The van der Waals surface area contributed by atoms with Gasteiger partial charge in [0.1, 0.15) is 0 Å². The number of amides is 1. The summed E-state index contributed by atoms with van der Waals surface area (Å²) in [6.45, 7) is 4.71. The molecule has 4 heteroatoms. The van der Waals surface area contributed by atoms with Crippen LogP contribution < -0.4 is 0 Å². The lowest BCUT2D eigenvalue weighted by atomic mass is 9.75. The number of carbonyl (C=O) groups excluding carboxylic acids is 1. The Morgan fingerprint density at radius 2 is 1.95 bits per heavy atom. The van der Waals surface area contributed by atoms with Gasteiger partial charge in [-0.15, -0.1) is 0 Å². The van der Waals surface area contributed by atoms with E-state index in [9.17, 15) is 15.0 Å². The lowest BCUT2D eigenvalue weighted by molar-refractivity contribution is -0.146. The van der Waals surface area contributed by atoms with Crippen LogP contribution in [0.2, 0.25) is 0 Å². The summed E-state index contributed by atoms with van der Waals surface area (Å²) in [5.41, 5.74) is 0.152. The van der Waals surface area contributed by atoms with E-state index < -0.39 is 5.41 Å². The van der Waals surface area contributed by atoms with Crippen molar-refractivity contribution in [2.24, 2.45) is 10.8 Å². The maximum Gasteiger partial charge on any atom is 0.230 e. The molecular weight excluding hydrogens is 278 g/mol. The van der Waals surface area contributed by atoms with Crippen molar-refractivity contribution in [3.63, 3.8) is 0 Å². The molecule has 0 bridgehead atoms. The normalized spacial score (nSPS) is 22.6. The highest BCUT2D eigenvalue weighted by Gasteiger charge is 2.40. The molecule has 1 atom stereocenters. The smallest absolute Gasteiger partial charge is 0.230 e. The van der Waals surface area contributed by atoms with Crippen LogP contribution in [0.3, 0.4) is 0 Å². The zero-order valence-corrected chi connectivity index (χ0v) is 13.6. The first kappa shape index (κ1) is 17.0. The number of aliphatic hydroxyl groups is 2. The molecule has 0 aliphatic carbocycles. The van der Waals surface area contributed by atoms with E-state index in [4.69, 9.17) is 0 Å². The Balaban J connectivity index is 2.14. The van der Waals surface area contributed by atoms with Crippen molar-refractivity contribution in [3.05, 3.63) is 35.9 Å². The first-order chi connectivity index (χ1) is 10.4. The molecule has 4 nitrogen and oxygen atoms in total. The maximum absolute atomic E-state index is 12.6. The molecule has 1 aliphatic rings. The van der Waals surface area contributed by atoms with Crippen molar-refractivity contribution < 1.29 is 15.0 Å². The summed E-state index contributed by atoms with van der Waals surface area (Å²) >= 11 is 0. The van der Waals surface area contributed by atoms with Gasteiger partial charge in [0.15, 0.2) is 0 Å². The van der Waals surface area contributed by atoms with Crippen LogP contribution in [0.5, 0.6) is 0 Å². The lowest BCUT2D eigenvalue weighted by Gasteiger charge is -2.44. The first-order valence-electron chi connectivity index (χ1n) is 7.97. The predicted molar refractivity (Wildman–Crippen MR) is 86.3 cm³/mol. The molecule has 1 amide bonds. The molecule has 1 aromatic rings. The molecule has 122 valence electrons. The fourth-order valence-electron chi connectivity index (χ4n) is 3.24. The Hall–Kier alpha value is -1.39. The molecule has 0 saturated carbocycles. The Kier molecular flexibility index (Phi) is 5.24. The number of rotatable bonds is 5. The zero-order chi connectivity index (χ0) is 16.2. The molecule has 0 aromatic heterocycles. The number of piperidine rings is 1. The molecule has 2 rings (SSSR count). The van der Waals surface area contributed by atoms with Crippen LogP contribution in [0, 0.1) is 10.8 Å². The summed E-state index contributed by atoms with van der Waals surface area (Å²) in [6, 6.07) is 10.1. The summed E-state index contributed by atoms with van der Waals surface area (Å²) in [7, 11) is 0. The Labute approximate surface area is 132 Å². The van der Waals surface area contributed by atoms with Gasteiger partial charge in [-0.25, -0.2) is 0 Å². The van der Waals surface area contributed by atoms with E-state index in [1.54, 1.807) is 13.8 Å². The second-order valence-electron chi connectivity index (χ2n) is 7.19. The number of carbonyl (C=O) groups is 1. The molecule has 1 heterocycles. The number of benzene rings is 1. The average molecular weight is 305 g/mol. The van der Waals surface area contributed by atoms with Gasteiger partial charge in [0, 0.05) is 18.5 Å². The third-order valence-electron chi connectivity index (χ3n) is 4.68. The molecule has 0 spiro atoms. The van der Waals surface area contributed by atoms with E-state index in [0.717, 1.165) is 19.3 Å². The monoisotopic (exact) mass is 305 g/mol. The van der Waals surface area contributed by atoms with E-state index in [1.807, 2.05) is 23.1 Å². The molecule has 2 N–H and O–H groups in total. The third-order valence-corrected chi connectivity index (χ3v) is 4.68. The van der Waals surface area contributed by atoms with Crippen LogP contribution in [-0.2, 0) is 11.2 Å². The number of hydrogen-bond donors (Lipinski definition) is 2. The topological polar surface area (TPSA) is 60.8 Å². The molecule has 0 radical (unpaired) electrons. The minimum Gasteiger partial charge on any atom is -0.396 e. The van der Waals surface area contributed by atoms with Crippen LogP contribution >= 0.6 is 0 Å². The van der Waals surface area contributed by atoms with Gasteiger partial charge in [0.25, 0.3) is 0 Å². The summed E-state index contributed by atoms with van der Waals surface area (Å²) in [6.07, 6.45) is 2.58. The Bertz CT molecular complexity index is 500. The number of nitrogens with zero attached hydrogens (tertiary/aromatic N) is 1. The summed E-state index contributed by atoms with van der Waals surface area (Å²) in [5.74, 6) is -0.0272. The van der Waals surface area contributed by atoms with Crippen molar-refractivity contribution in [2.75, 3.05) is 26.3 Å². The summed E-state index contributed by atoms with van der Waals surface area (Å²) in [5, 5.41) is 19.4. The molecular formula is C18H27NO3. The number of likely N-dealkylation sites (tertiary alicyclic amines) is 1. The minimum absolute atomic E-state index is 0.0272. The minimum atomic E-state index is -0.759. The van der Waals surface area contributed by atoms with E-state index in [-0.39, 0.29) is 24.5 Å². The fourth-order valence-corrected chi connectivity index (χ4v) is 3.24. The van der Waals surface area contributed by atoms with Gasteiger partial charge >= 0.3 is 0 Å².